The molecule has 1 aromatic carbocycles. The largest absolute Gasteiger partial charge is 0.399 e. The Morgan fingerprint density at radius 3 is 2.58 bits per heavy atom. The van der Waals surface area contributed by atoms with Crippen LogP contribution in [0.1, 0.15) is 26.7 Å². The van der Waals surface area contributed by atoms with Gasteiger partial charge in [-0.25, -0.2) is 0 Å². The van der Waals surface area contributed by atoms with Crippen molar-refractivity contribution >= 4 is 17.3 Å². The molecule has 104 valence electrons. The Labute approximate surface area is 115 Å². The number of carbonyl (C=O) groups is 1. The first-order valence-electron chi connectivity index (χ1n) is 7.05. The third-order valence-corrected chi connectivity index (χ3v) is 3.59. The Bertz CT molecular complexity index is 443. The highest BCUT2D eigenvalue weighted by Gasteiger charge is 2.31. The van der Waals surface area contributed by atoms with Gasteiger partial charge in [0.1, 0.15) is 0 Å². The monoisotopic (exact) mass is 261 g/mol. The van der Waals surface area contributed by atoms with Crippen molar-refractivity contribution in [2.24, 2.45) is 0 Å². The van der Waals surface area contributed by atoms with Crippen LogP contribution in [0.15, 0.2) is 24.3 Å². The first-order valence-corrected chi connectivity index (χ1v) is 7.05. The number of nitrogens with zero attached hydrogens (tertiary/aromatic N) is 2. The molecule has 19 heavy (non-hydrogen) atoms. The zero-order valence-corrected chi connectivity index (χ0v) is 11.8. The number of hydrogen-bond donors (Lipinski definition) is 1. The van der Waals surface area contributed by atoms with Gasteiger partial charge in [0.2, 0.25) is 5.91 Å². The Morgan fingerprint density at radius 1 is 1.32 bits per heavy atom. The predicted molar refractivity (Wildman–Crippen MR) is 79.2 cm³/mol. The van der Waals surface area contributed by atoms with Crippen LogP contribution in [0, 0.1) is 0 Å². The minimum atomic E-state index is 0.217. The number of nitrogen functional groups attached to an aromatic ring is 1. The van der Waals surface area contributed by atoms with Crippen molar-refractivity contribution in [1.29, 1.82) is 0 Å². The van der Waals surface area contributed by atoms with Gasteiger partial charge in [0.25, 0.3) is 0 Å². The molecule has 0 unspecified atom stereocenters. The number of anilines is 2. The molecule has 0 spiro atoms. The lowest BCUT2D eigenvalue weighted by Gasteiger charge is -2.27. The molecule has 4 heteroatoms. The van der Waals surface area contributed by atoms with Gasteiger partial charge in [-0.05, 0) is 44.9 Å². The van der Waals surface area contributed by atoms with Gasteiger partial charge in [0.15, 0.2) is 0 Å². The molecular formula is C15H23N3O. The van der Waals surface area contributed by atoms with E-state index < -0.39 is 0 Å². The van der Waals surface area contributed by atoms with Gasteiger partial charge in [0.05, 0.1) is 6.54 Å². The van der Waals surface area contributed by atoms with Crippen molar-refractivity contribution < 1.29 is 4.79 Å². The smallest absolute Gasteiger partial charge is 0.242 e. The number of carbonyl (C=O) groups excluding carboxylic acids is 1. The highest BCUT2D eigenvalue weighted by Crippen LogP contribution is 2.27. The molecule has 0 aromatic heterocycles. The van der Waals surface area contributed by atoms with Crippen molar-refractivity contribution in [3.63, 3.8) is 0 Å². The second-order valence-electron chi connectivity index (χ2n) is 5.02. The lowest BCUT2D eigenvalue weighted by molar-refractivity contribution is -0.130. The van der Waals surface area contributed by atoms with Crippen LogP contribution in [0.2, 0.25) is 0 Å². The zero-order valence-electron chi connectivity index (χ0n) is 11.8. The van der Waals surface area contributed by atoms with E-state index in [-0.39, 0.29) is 5.91 Å². The fourth-order valence-electron chi connectivity index (χ4n) is 2.39. The summed E-state index contributed by atoms with van der Waals surface area (Å²) in [5.74, 6) is 0.217. The Hall–Kier alpha value is -1.71. The van der Waals surface area contributed by atoms with Gasteiger partial charge in [-0.1, -0.05) is 6.07 Å². The van der Waals surface area contributed by atoms with Crippen molar-refractivity contribution in [3.8, 4) is 0 Å². The van der Waals surface area contributed by atoms with E-state index >= 15 is 0 Å². The van der Waals surface area contributed by atoms with Gasteiger partial charge >= 0.3 is 0 Å². The molecule has 0 bridgehead atoms. The highest BCUT2D eigenvalue weighted by atomic mass is 16.2. The van der Waals surface area contributed by atoms with Crippen molar-refractivity contribution in [1.82, 2.24) is 4.90 Å². The molecule has 1 aliphatic carbocycles. The Morgan fingerprint density at radius 2 is 2.05 bits per heavy atom. The maximum absolute atomic E-state index is 12.3. The standard InChI is InChI=1S/C15H23N3O/c1-3-17(14-7-5-6-12(16)10-14)11-15(19)18(4-2)13-8-9-13/h5-7,10,13H,3-4,8-9,11,16H2,1-2H3. The summed E-state index contributed by atoms with van der Waals surface area (Å²) in [7, 11) is 0. The summed E-state index contributed by atoms with van der Waals surface area (Å²) >= 11 is 0. The lowest BCUT2D eigenvalue weighted by Crippen LogP contribution is -2.41. The van der Waals surface area contributed by atoms with Crippen molar-refractivity contribution in [3.05, 3.63) is 24.3 Å². The quantitative estimate of drug-likeness (QED) is 0.798. The van der Waals surface area contributed by atoms with Gasteiger partial charge in [-0.15, -0.1) is 0 Å². The molecule has 1 saturated carbocycles. The van der Waals surface area contributed by atoms with Gasteiger partial charge < -0.3 is 15.5 Å². The van der Waals surface area contributed by atoms with Gasteiger partial charge in [-0.3, -0.25) is 4.79 Å². The summed E-state index contributed by atoms with van der Waals surface area (Å²) in [6.07, 6.45) is 2.31. The second kappa shape index (κ2) is 5.95. The molecule has 1 fully saturated rings. The minimum absolute atomic E-state index is 0.217. The fourth-order valence-corrected chi connectivity index (χ4v) is 2.39. The Kier molecular flexibility index (Phi) is 4.30. The predicted octanol–water partition coefficient (Wildman–Crippen LogP) is 2.11. The van der Waals surface area contributed by atoms with E-state index in [2.05, 4.69) is 11.8 Å². The fraction of sp³-hybridized carbons (Fsp3) is 0.533. The minimum Gasteiger partial charge on any atom is -0.399 e. The summed E-state index contributed by atoms with van der Waals surface area (Å²) in [6, 6.07) is 8.19. The van der Waals surface area contributed by atoms with Crippen LogP contribution >= 0.6 is 0 Å². The van der Waals surface area contributed by atoms with Crippen LogP contribution in [0.4, 0.5) is 11.4 Å². The number of benzene rings is 1. The zero-order chi connectivity index (χ0) is 13.8. The van der Waals surface area contributed by atoms with E-state index in [0.29, 0.717) is 12.6 Å². The molecule has 0 aliphatic heterocycles. The molecule has 0 saturated heterocycles. The van der Waals surface area contributed by atoms with E-state index in [4.69, 9.17) is 5.73 Å². The van der Waals surface area contributed by atoms with E-state index in [0.717, 1.165) is 37.3 Å². The number of likely N-dealkylation sites (N-methyl/N-ethyl adjacent to an activating group) is 2. The maximum atomic E-state index is 12.3. The normalized spacial score (nSPS) is 14.2. The summed E-state index contributed by atoms with van der Waals surface area (Å²) in [6.45, 7) is 6.15. The summed E-state index contributed by atoms with van der Waals surface area (Å²) in [4.78, 5) is 16.4. The van der Waals surface area contributed by atoms with Crippen LogP contribution in [-0.4, -0.2) is 36.5 Å². The summed E-state index contributed by atoms with van der Waals surface area (Å²) in [5.41, 5.74) is 7.55. The third kappa shape index (κ3) is 3.40. The molecule has 0 radical (unpaired) electrons. The van der Waals surface area contributed by atoms with Crippen molar-refractivity contribution in [2.45, 2.75) is 32.7 Å². The van der Waals surface area contributed by atoms with Crippen LogP contribution < -0.4 is 10.6 Å². The second-order valence-corrected chi connectivity index (χ2v) is 5.02. The highest BCUT2D eigenvalue weighted by molar-refractivity contribution is 5.82. The number of rotatable bonds is 6. The van der Waals surface area contributed by atoms with Gasteiger partial charge in [-0.2, -0.15) is 0 Å². The van der Waals surface area contributed by atoms with E-state index in [1.807, 2.05) is 36.1 Å². The van der Waals surface area contributed by atoms with Crippen LogP contribution in [0.5, 0.6) is 0 Å². The van der Waals surface area contributed by atoms with Gasteiger partial charge in [0, 0.05) is 30.5 Å². The Balaban J connectivity index is 2.04. The van der Waals surface area contributed by atoms with E-state index in [1.165, 1.54) is 0 Å². The average molecular weight is 261 g/mol. The lowest BCUT2D eigenvalue weighted by atomic mass is 10.2. The summed E-state index contributed by atoms with van der Waals surface area (Å²) < 4.78 is 0. The SMILES string of the molecule is CCN(CC(=O)N(CC)C1CC1)c1cccc(N)c1. The average Bonchev–Trinajstić information content (AvgIpc) is 3.21. The molecule has 4 nitrogen and oxygen atoms in total. The molecule has 2 N–H and O–H groups in total. The number of nitrogens with two attached hydrogens (primary N) is 1. The first kappa shape index (κ1) is 13.7. The van der Waals surface area contributed by atoms with E-state index in [9.17, 15) is 4.79 Å². The number of hydrogen-bond acceptors (Lipinski definition) is 3. The summed E-state index contributed by atoms with van der Waals surface area (Å²) in [5, 5.41) is 0. The molecule has 0 atom stereocenters. The van der Waals surface area contributed by atoms with Crippen LogP contribution in [0.25, 0.3) is 0 Å². The molecular weight excluding hydrogens is 238 g/mol. The number of amides is 1. The molecule has 2 rings (SSSR count). The first-order chi connectivity index (χ1) is 9.15. The molecule has 0 heterocycles. The van der Waals surface area contributed by atoms with Crippen molar-refractivity contribution in [2.75, 3.05) is 30.3 Å². The third-order valence-electron chi connectivity index (χ3n) is 3.59. The molecule has 1 amide bonds. The molecule has 1 aliphatic rings. The van der Waals surface area contributed by atoms with Crippen LogP contribution in [0.3, 0.4) is 0 Å². The molecule has 1 aromatic rings. The van der Waals surface area contributed by atoms with E-state index in [1.54, 1.807) is 0 Å². The van der Waals surface area contributed by atoms with Crippen LogP contribution in [-0.2, 0) is 4.79 Å². The maximum Gasteiger partial charge on any atom is 0.242 e. The topological polar surface area (TPSA) is 49.6 Å².